The summed E-state index contributed by atoms with van der Waals surface area (Å²) >= 11 is 0. The Kier molecular flexibility index (Phi) is 7.68. The molecule has 5 fully saturated rings. The predicted molar refractivity (Wildman–Crippen MR) is 190 cm³/mol. The number of hydrogen-bond acceptors (Lipinski definition) is 8. The molecular formula is C40H43F2N5O3. The Morgan fingerprint density at radius 3 is 2.64 bits per heavy atom. The van der Waals surface area contributed by atoms with Gasteiger partial charge in [0.1, 0.15) is 22.9 Å². The number of fused-ring (bicyclic) bond motifs is 4. The quantitative estimate of drug-likeness (QED) is 0.215. The minimum atomic E-state index is -0.582. The van der Waals surface area contributed by atoms with E-state index in [4.69, 9.17) is 25.9 Å². The molecule has 0 amide bonds. The number of rotatable bonds is 7. The molecule has 9 rings (SSSR count). The van der Waals surface area contributed by atoms with E-state index in [2.05, 4.69) is 21.0 Å². The number of phenolic OH excluding ortho intramolecular Hbond substituents is 1. The Morgan fingerprint density at radius 1 is 1.08 bits per heavy atom. The van der Waals surface area contributed by atoms with E-state index in [0.717, 1.165) is 84.3 Å². The molecule has 3 unspecified atom stereocenters. The summed E-state index contributed by atoms with van der Waals surface area (Å²) in [5.41, 5.74) is 1.31. The van der Waals surface area contributed by atoms with E-state index in [9.17, 15) is 5.11 Å². The lowest BCUT2D eigenvalue weighted by Gasteiger charge is -2.34. The maximum atomic E-state index is 17.2. The molecule has 8 nitrogen and oxygen atoms in total. The number of hydrogen-bond donors (Lipinski definition) is 2. The summed E-state index contributed by atoms with van der Waals surface area (Å²) in [5, 5.41) is 15.9. The molecule has 4 aromatic rings. The van der Waals surface area contributed by atoms with Gasteiger partial charge in [0.15, 0.2) is 5.82 Å². The van der Waals surface area contributed by atoms with Crippen LogP contribution >= 0.6 is 0 Å². The van der Waals surface area contributed by atoms with Crippen LogP contribution in [0.3, 0.4) is 0 Å². The molecule has 2 N–H and O–H groups in total. The Bertz CT molecular complexity index is 2040. The van der Waals surface area contributed by atoms with E-state index in [0.29, 0.717) is 51.8 Å². The molecule has 1 aromatic heterocycles. The average Bonchev–Trinajstić information content (AvgIpc) is 3.65. The van der Waals surface area contributed by atoms with Crippen LogP contribution in [0.2, 0.25) is 0 Å². The van der Waals surface area contributed by atoms with Gasteiger partial charge in [-0.3, -0.25) is 4.90 Å². The van der Waals surface area contributed by atoms with Gasteiger partial charge in [0, 0.05) is 73.2 Å². The van der Waals surface area contributed by atoms with Gasteiger partial charge in [-0.2, -0.15) is 9.97 Å². The number of halogens is 2. The number of nitrogens with one attached hydrogen (secondary N) is 1. The van der Waals surface area contributed by atoms with Crippen LogP contribution in [-0.4, -0.2) is 83.6 Å². The van der Waals surface area contributed by atoms with Crippen molar-refractivity contribution >= 4 is 27.5 Å². The van der Waals surface area contributed by atoms with Gasteiger partial charge in [-0.05, 0) is 99.1 Å². The van der Waals surface area contributed by atoms with Crippen LogP contribution in [0.15, 0.2) is 30.3 Å². The fraction of sp³-hybridized carbons (Fsp3) is 0.500. The van der Waals surface area contributed by atoms with Gasteiger partial charge in [0.2, 0.25) is 0 Å². The zero-order valence-corrected chi connectivity index (χ0v) is 28.5. The van der Waals surface area contributed by atoms with Crippen molar-refractivity contribution in [1.82, 2.24) is 20.2 Å². The van der Waals surface area contributed by atoms with Gasteiger partial charge < -0.3 is 24.8 Å². The van der Waals surface area contributed by atoms with Crippen LogP contribution in [0.5, 0.6) is 11.8 Å². The molecular weight excluding hydrogens is 636 g/mol. The van der Waals surface area contributed by atoms with Crippen molar-refractivity contribution in [2.75, 3.05) is 50.8 Å². The first-order valence-corrected chi connectivity index (χ1v) is 18.2. The zero-order chi connectivity index (χ0) is 34.2. The maximum Gasteiger partial charge on any atom is 0.319 e. The van der Waals surface area contributed by atoms with Crippen molar-refractivity contribution in [3.05, 3.63) is 53.1 Å². The minimum absolute atomic E-state index is 0.00917. The lowest BCUT2D eigenvalue weighted by Crippen LogP contribution is -2.51. The van der Waals surface area contributed by atoms with E-state index in [1.807, 2.05) is 13.0 Å². The van der Waals surface area contributed by atoms with E-state index in [1.165, 1.54) is 24.6 Å². The van der Waals surface area contributed by atoms with Gasteiger partial charge >= 0.3 is 6.01 Å². The van der Waals surface area contributed by atoms with Crippen LogP contribution in [0, 0.1) is 36.3 Å². The Labute approximate surface area is 291 Å². The summed E-state index contributed by atoms with van der Waals surface area (Å²) in [5.74, 6) is 1.88. The number of benzene rings is 3. The second-order valence-electron chi connectivity index (χ2n) is 15.5. The number of phenols is 1. The van der Waals surface area contributed by atoms with Crippen molar-refractivity contribution in [2.24, 2.45) is 5.41 Å². The van der Waals surface area contributed by atoms with Gasteiger partial charge in [0.05, 0.1) is 17.8 Å². The van der Waals surface area contributed by atoms with E-state index < -0.39 is 11.6 Å². The molecule has 1 saturated carbocycles. The number of aryl methyl sites for hydroxylation is 1. The van der Waals surface area contributed by atoms with Crippen LogP contribution in [0.25, 0.3) is 32.8 Å². The number of ether oxygens (including phenoxy) is 2. The lowest BCUT2D eigenvalue weighted by atomic mass is 9.90. The molecule has 260 valence electrons. The number of likely N-dealkylation sites (tertiary alicyclic amines) is 1. The highest BCUT2D eigenvalue weighted by Crippen LogP contribution is 2.48. The third kappa shape index (κ3) is 5.55. The van der Waals surface area contributed by atoms with Crippen molar-refractivity contribution in [2.45, 2.75) is 76.0 Å². The highest BCUT2D eigenvalue weighted by Gasteiger charge is 2.49. The second kappa shape index (κ2) is 12.0. The van der Waals surface area contributed by atoms with Crippen LogP contribution in [-0.2, 0) is 4.74 Å². The number of nitrogens with zero attached hydrogens (tertiary/aromatic N) is 4. The summed E-state index contributed by atoms with van der Waals surface area (Å²) < 4.78 is 45.0. The van der Waals surface area contributed by atoms with Gasteiger partial charge in [-0.25, -0.2) is 8.78 Å². The second-order valence-corrected chi connectivity index (χ2v) is 15.5. The predicted octanol–water partition coefficient (Wildman–Crippen LogP) is 6.47. The summed E-state index contributed by atoms with van der Waals surface area (Å²) in [4.78, 5) is 14.5. The topological polar surface area (TPSA) is 83.0 Å². The first-order chi connectivity index (χ1) is 24.2. The number of aromatic nitrogens is 2. The molecule has 4 saturated heterocycles. The van der Waals surface area contributed by atoms with Crippen LogP contribution < -0.4 is 15.0 Å². The molecule has 5 heterocycles. The highest BCUT2D eigenvalue weighted by atomic mass is 19.1. The average molecular weight is 680 g/mol. The third-order valence-corrected chi connectivity index (χ3v) is 11.9. The number of aromatic hydroxyl groups is 1. The Morgan fingerprint density at radius 2 is 1.90 bits per heavy atom. The number of piperazine rings is 1. The molecule has 50 heavy (non-hydrogen) atoms. The van der Waals surface area contributed by atoms with E-state index >= 15 is 8.78 Å². The molecule has 2 bridgehead atoms. The molecule has 1 spiro atoms. The molecule has 10 heteroatoms. The molecule has 3 aromatic carbocycles. The highest BCUT2D eigenvalue weighted by molar-refractivity contribution is 6.05. The zero-order valence-electron chi connectivity index (χ0n) is 28.5. The fourth-order valence-electron chi connectivity index (χ4n) is 9.20. The summed E-state index contributed by atoms with van der Waals surface area (Å²) in [6.07, 6.45) is 14.7. The summed E-state index contributed by atoms with van der Waals surface area (Å²) in [7, 11) is 0. The summed E-state index contributed by atoms with van der Waals surface area (Å²) in [6, 6.07) is 8.52. The fourth-order valence-corrected chi connectivity index (χ4v) is 9.20. The smallest absolute Gasteiger partial charge is 0.319 e. The minimum Gasteiger partial charge on any atom is -0.508 e. The first kappa shape index (κ1) is 31.9. The standard InChI is InChI=1S/C40H43F2N5O3/c1-3-29-32(41)9-6-25-17-28(48)18-30(34(25)29)33-24(2)16-31-36(35(33)42)44-38(45-37(31)47-19-26-7-8-27(20-47)43-26)49-23-39(11-12-39)21-46-14-13-40(22-46)10-4-5-15-50-40/h1,6,9,16-18,26-27,43,48H,4-5,7-8,10-15,19-23H2,2H3. The Balaban J connectivity index is 1.10. The van der Waals surface area contributed by atoms with Crippen molar-refractivity contribution in [3.63, 3.8) is 0 Å². The maximum absolute atomic E-state index is 17.2. The molecule has 3 atom stereocenters. The first-order valence-electron chi connectivity index (χ1n) is 18.2. The number of anilines is 1. The molecule has 5 aliphatic rings. The molecule has 4 aliphatic heterocycles. The molecule has 0 radical (unpaired) electrons. The van der Waals surface area contributed by atoms with E-state index in [1.54, 1.807) is 6.07 Å². The van der Waals surface area contributed by atoms with Crippen molar-refractivity contribution in [3.8, 4) is 35.2 Å². The van der Waals surface area contributed by atoms with Gasteiger partial charge in [-0.1, -0.05) is 12.0 Å². The monoisotopic (exact) mass is 679 g/mol. The lowest BCUT2D eigenvalue weighted by molar-refractivity contribution is -0.0704. The van der Waals surface area contributed by atoms with Gasteiger partial charge in [-0.15, -0.1) is 6.42 Å². The number of terminal acetylenes is 1. The van der Waals surface area contributed by atoms with Crippen LogP contribution in [0.1, 0.15) is 62.5 Å². The van der Waals surface area contributed by atoms with Crippen molar-refractivity contribution < 1.29 is 23.4 Å². The SMILES string of the molecule is C#Cc1c(F)ccc2cc(O)cc(-c3c(C)cc4c(N5CC6CCC(C5)N6)nc(OCC5(CN6CCC7(CCCCO7)C6)CC5)nc4c3F)c12. The Hall–Kier alpha value is -4.04. The normalized spacial score (nSPS) is 25.8. The van der Waals surface area contributed by atoms with Gasteiger partial charge in [0.25, 0.3) is 0 Å². The largest absolute Gasteiger partial charge is 0.508 e. The third-order valence-electron chi connectivity index (χ3n) is 11.9. The van der Waals surface area contributed by atoms with Crippen LogP contribution in [0.4, 0.5) is 14.6 Å². The van der Waals surface area contributed by atoms with E-state index in [-0.39, 0.29) is 39.4 Å². The van der Waals surface area contributed by atoms with Crippen molar-refractivity contribution in [1.29, 1.82) is 0 Å². The molecule has 1 aliphatic carbocycles. The summed E-state index contributed by atoms with van der Waals surface area (Å²) in [6.45, 7) is 7.60.